The van der Waals surface area contributed by atoms with Crippen LogP contribution in [0.15, 0.2) is 60.8 Å². The van der Waals surface area contributed by atoms with Crippen molar-refractivity contribution in [2.24, 2.45) is 0 Å². The monoisotopic (exact) mass is 395 g/mol. The second kappa shape index (κ2) is 8.54. The number of aryl methyl sites for hydroxylation is 1. The van der Waals surface area contributed by atoms with E-state index in [2.05, 4.69) is 15.6 Å². The Morgan fingerprint density at radius 3 is 2.46 bits per heavy atom. The molecule has 3 aromatic rings. The molecule has 0 aliphatic heterocycles. The van der Waals surface area contributed by atoms with Crippen molar-refractivity contribution >= 4 is 34.8 Å². The number of amides is 2. The van der Waals surface area contributed by atoms with Gasteiger partial charge in [0, 0.05) is 22.5 Å². The van der Waals surface area contributed by atoms with Crippen LogP contribution in [-0.4, -0.2) is 23.9 Å². The lowest BCUT2D eigenvalue weighted by atomic mass is 10.1. The number of hydrogen-bond acceptors (Lipinski definition) is 4. The first kappa shape index (κ1) is 19.4. The zero-order valence-electron chi connectivity index (χ0n) is 15.3. The third-order valence-corrected chi connectivity index (χ3v) is 4.28. The smallest absolute Gasteiger partial charge is 0.274 e. The van der Waals surface area contributed by atoms with Crippen molar-refractivity contribution in [1.82, 2.24) is 4.98 Å². The molecular formula is C21H18ClN3O3. The molecule has 3 rings (SSSR count). The van der Waals surface area contributed by atoms with Crippen LogP contribution in [-0.2, 0) is 0 Å². The van der Waals surface area contributed by atoms with Crippen molar-refractivity contribution in [3.05, 3.63) is 82.6 Å². The van der Waals surface area contributed by atoms with Gasteiger partial charge in [-0.25, -0.2) is 0 Å². The summed E-state index contributed by atoms with van der Waals surface area (Å²) in [5.74, 6) is -0.248. The van der Waals surface area contributed by atoms with Crippen LogP contribution < -0.4 is 15.4 Å². The van der Waals surface area contributed by atoms with Crippen LogP contribution in [0.1, 0.15) is 26.4 Å². The first-order valence-corrected chi connectivity index (χ1v) is 8.83. The van der Waals surface area contributed by atoms with E-state index in [1.165, 1.54) is 25.4 Å². The maximum atomic E-state index is 12.6. The lowest BCUT2D eigenvalue weighted by Crippen LogP contribution is -2.17. The summed E-state index contributed by atoms with van der Waals surface area (Å²) in [7, 11) is 1.53. The molecule has 0 atom stereocenters. The van der Waals surface area contributed by atoms with Crippen molar-refractivity contribution in [2.45, 2.75) is 6.92 Å². The quantitative estimate of drug-likeness (QED) is 0.663. The number of hydrogen-bond donors (Lipinski definition) is 2. The van der Waals surface area contributed by atoms with E-state index < -0.39 is 5.91 Å². The Hall–Kier alpha value is -3.38. The minimum atomic E-state index is -0.419. The predicted octanol–water partition coefficient (Wildman–Crippen LogP) is 4.56. The predicted molar refractivity (Wildman–Crippen MR) is 109 cm³/mol. The molecule has 0 unspecified atom stereocenters. The Balaban J connectivity index is 1.77. The summed E-state index contributed by atoms with van der Waals surface area (Å²) in [6.45, 7) is 1.84. The molecule has 7 heteroatoms. The molecule has 0 bridgehead atoms. The molecule has 1 heterocycles. The Morgan fingerprint density at radius 1 is 0.964 bits per heavy atom. The lowest BCUT2D eigenvalue weighted by molar-refractivity contribution is 0.102. The third-order valence-electron chi connectivity index (χ3n) is 4.05. The number of carbonyl (C=O) groups excluding carboxylic acids is 2. The van der Waals surface area contributed by atoms with Crippen LogP contribution in [0.25, 0.3) is 0 Å². The molecule has 0 aliphatic carbocycles. The van der Waals surface area contributed by atoms with Gasteiger partial charge in [-0.2, -0.15) is 0 Å². The normalized spacial score (nSPS) is 10.2. The number of anilines is 2. The summed E-state index contributed by atoms with van der Waals surface area (Å²) in [4.78, 5) is 29.2. The second-order valence-corrected chi connectivity index (χ2v) is 6.43. The number of halogens is 1. The molecule has 6 nitrogen and oxygen atoms in total. The number of ether oxygens (including phenoxy) is 1. The average molecular weight is 396 g/mol. The Morgan fingerprint density at radius 2 is 1.71 bits per heavy atom. The van der Waals surface area contributed by atoms with E-state index in [1.54, 1.807) is 36.4 Å². The number of aromatic nitrogens is 1. The summed E-state index contributed by atoms with van der Waals surface area (Å²) in [5.41, 5.74) is 2.42. The number of pyridine rings is 1. The highest BCUT2D eigenvalue weighted by Gasteiger charge is 2.14. The van der Waals surface area contributed by atoms with Crippen molar-refractivity contribution in [1.29, 1.82) is 0 Å². The summed E-state index contributed by atoms with van der Waals surface area (Å²) < 4.78 is 5.23. The highest BCUT2D eigenvalue weighted by molar-refractivity contribution is 6.30. The first-order chi connectivity index (χ1) is 13.5. The summed E-state index contributed by atoms with van der Waals surface area (Å²) in [6.07, 6.45) is 1.42. The number of rotatable bonds is 5. The van der Waals surface area contributed by atoms with E-state index in [0.717, 1.165) is 5.56 Å². The number of carbonyl (C=O) groups is 2. The van der Waals surface area contributed by atoms with Gasteiger partial charge >= 0.3 is 0 Å². The summed E-state index contributed by atoms with van der Waals surface area (Å²) >= 11 is 5.94. The molecule has 0 aliphatic rings. The number of nitrogens with zero attached hydrogens (tertiary/aromatic N) is 1. The van der Waals surface area contributed by atoms with Crippen molar-refractivity contribution in [2.75, 3.05) is 17.7 Å². The minimum absolute atomic E-state index is 0.127. The molecule has 0 spiro atoms. The van der Waals surface area contributed by atoms with E-state index in [-0.39, 0.29) is 11.6 Å². The maximum Gasteiger partial charge on any atom is 0.274 e. The van der Waals surface area contributed by atoms with Gasteiger partial charge in [0.2, 0.25) is 0 Å². The molecule has 0 saturated carbocycles. The molecule has 0 fully saturated rings. The van der Waals surface area contributed by atoms with Gasteiger partial charge in [-0.15, -0.1) is 0 Å². The first-order valence-electron chi connectivity index (χ1n) is 8.46. The van der Waals surface area contributed by atoms with Gasteiger partial charge in [0.25, 0.3) is 11.8 Å². The summed E-state index contributed by atoms with van der Waals surface area (Å²) in [5, 5.41) is 6.13. The van der Waals surface area contributed by atoms with Gasteiger partial charge in [-0.05, 0) is 55.0 Å². The highest BCUT2D eigenvalue weighted by atomic mass is 35.5. The molecule has 28 heavy (non-hydrogen) atoms. The van der Waals surface area contributed by atoms with Crippen LogP contribution in [0, 0.1) is 6.92 Å². The summed E-state index contributed by atoms with van der Waals surface area (Å²) in [6, 6.07) is 15.2. The SMILES string of the molecule is COc1ccccc1NC(=O)c1ccnc(C(=O)Nc2ccc(Cl)cc2C)c1. The van der Waals surface area contributed by atoms with Crippen LogP contribution in [0.4, 0.5) is 11.4 Å². The van der Waals surface area contributed by atoms with E-state index in [1.807, 2.05) is 13.0 Å². The van der Waals surface area contributed by atoms with Gasteiger partial charge in [-0.3, -0.25) is 14.6 Å². The van der Waals surface area contributed by atoms with Gasteiger partial charge in [-0.1, -0.05) is 23.7 Å². The number of benzene rings is 2. The fourth-order valence-electron chi connectivity index (χ4n) is 2.59. The topological polar surface area (TPSA) is 80.3 Å². The van der Waals surface area contributed by atoms with Crippen molar-refractivity contribution in [3.8, 4) is 5.75 Å². The average Bonchev–Trinajstić information content (AvgIpc) is 2.70. The van der Waals surface area contributed by atoms with E-state index >= 15 is 0 Å². The Labute approximate surface area is 167 Å². The molecular weight excluding hydrogens is 378 g/mol. The highest BCUT2D eigenvalue weighted by Crippen LogP contribution is 2.24. The minimum Gasteiger partial charge on any atom is -0.495 e. The zero-order valence-corrected chi connectivity index (χ0v) is 16.1. The van der Waals surface area contributed by atoms with Gasteiger partial charge in [0.1, 0.15) is 11.4 Å². The van der Waals surface area contributed by atoms with E-state index in [4.69, 9.17) is 16.3 Å². The lowest BCUT2D eigenvalue weighted by Gasteiger charge is -2.11. The van der Waals surface area contributed by atoms with Crippen LogP contribution in [0.3, 0.4) is 0 Å². The van der Waals surface area contributed by atoms with Gasteiger partial charge < -0.3 is 15.4 Å². The zero-order chi connectivity index (χ0) is 20.1. The number of nitrogens with one attached hydrogen (secondary N) is 2. The third kappa shape index (κ3) is 4.47. The maximum absolute atomic E-state index is 12.6. The Kier molecular flexibility index (Phi) is 5.91. The molecule has 1 aromatic heterocycles. The standard InChI is InChI=1S/C21H18ClN3O3/c1-13-11-15(22)7-8-16(13)24-21(27)18-12-14(9-10-23-18)20(26)25-17-5-3-4-6-19(17)28-2/h3-12H,1-2H3,(H,24,27)(H,25,26). The molecule has 142 valence electrons. The van der Waals surface area contributed by atoms with Crippen LogP contribution in [0.2, 0.25) is 5.02 Å². The largest absolute Gasteiger partial charge is 0.495 e. The van der Waals surface area contributed by atoms with E-state index in [0.29, 0.717) is 27.7 Å². The van der Waals surface area contributed by atoms with Crippen molar-refractivity contribution in [3.63, 3.8) is 0 Å². The van der Waals surface area contributed by atoms with Crippen LogP contribution in [0.5, 0.6) is 5.75 Å². The number of methoxy groups -OCH3 is 1. The van der Waals surface area contributed by atoms with Gasteiger partial charge in [0.15, 0.2) is 0 Å². The second-order valence-electron chi connectivity index (χ2n) is 6.00. The van der Waals surface area contributed by atoms with Crippen LogP contribution >= 0.6 is 11.6 Å². The fourth-order valence-corrected chi connectivity index (χ4v) is 2.82. The molecule has 0 saturated heterocycles. The molecule has 2 amide bonds. The Bertz CT molecular complexity index is 1040. The molecule has 0 radical (unpaired) electrons. The molecule has 2 N–H and O–H groups in total. The fraction of sp³-hybridized carbons (Fsp3) is 0.0952. The van der Waals surface area contributed by atoms with Gasteiger partial charge in [0.05, 0.1) is 12.8 Å². The van der Waals surface area contributed by atoms with Crippen molar-refractivity contribution < 1.29 is 14.3 Å². The van der Waals surface area contributed by atoms with E-state index in [9.17, 15) is 9.59 Å². The number of para-hydroxylation sites is 2. The molecule has 2 aromatic carbocycles.